The molecule has 0 atom stereocenters. The molecule has 6 heteroatoms. The molecule has 0 N–H and O–H groups in total. The predicted molar refractivity (Wildman–Crippen MR) is 104 cm³/mol. The van der Waals surface area contributed by atoms with E-state index in [1.165, 1.54) is 50.3 Å². The maximum Gasteiger partial charge on any atom is 0.123 e. The number of halogens is 1. The van der Waals surface area contributed by atoms with Crippen LogP contribution < -0.4 is 4.74 Å². The molecule has 1 saturated heterocycles. The molecule has 3 rings (SSSR count). The first-order valence-electron chi connectivity index (χ1n) is 8.88. The van der Waals surface area contributed by atoms with Gasteiger partial charge in [0.05, 0.1) is 24.3 Å². The Morgan fingerprint density at radius 3 is 2.68 bits per heavy atom. The van der Waals surface area contributed by atoms with Crippen molar-refractivity contribution in [1.82, 2.24) is 19.6 Å². The Labute approximate surface area is 158 Å². The molecular weight excluding hydrogens is 380 g/mol. The highest BCUT2D eigenvalue weighted by molar-refractivity contribution is 9.10. The summed E-state index contributed by atoms with van der Waals surface area (Å²) in [6.45, 7) is 6.66. The lowest BCUT2D eigenvalue weighted by atomic mass is 10.0. The van der Waals surface area contributed by atoms with E-state index >= 15 is 0 Å². The van der Waals surface area contributed by atoms with E-state index in [9.17, 15) is 0 Å². The van der Waals surface area contributed by atoms with Crippen LogP contribution in [0, 0.1) is 0 Å². The third-order valence-electron chi connectivity index (χ3n) is 4.81. The highest BCUT2D eigenvalue weighted by Gasteiger charge is 2.13. The van der Waals surface area contributed by atoms with Gasteiger partial charge in [0.1, 0.15) is 5.75 Å². The molecule has 0 bridgehead atoms. The zero-order valence-corrected chi connectivity index (χ0v) is 16.7. The van der Waals surface area contributed by atoms with Crippen LogP contribution in [0.1, 0.15) is 17.5 Å². The van der Waals surface area contributed by atoms with Crippen LogP contribution in [0.15, 0.2) is 35.1 Å². The third kappa shape index (κ3) is 5.30. The SMILES string of the molecule is COc1ccc(CCCN2CCN(C)CC2)cc1Cn1cc(Br)cn1. The summed E-state index contributed by atoms with van der Waals surface area (Å²) in [5.74, 6) is 0.925. The van der Waals surface area contributed by atoms with Crippen LogP contribution in [-0.2, 0) is 13.0 Å². The first-order chi connectivity index (χ1) is 12.1. The predicted octanol–water partition coefficient (Wildman–Crippen LogP) is 2.88. The minimum Gasteiger partial charge on any atom is -0.496 e. The number of nitrogens with zero attached hydrogens (tertiary/aromatic N) is 4. The molecule has 2 aromatic rings. The Morgan fingerprint density at radius 1 is 1.20 bits per heavy atom. The fraction of sp³-hybridized carbons (Fsp3) is 0.526. The van der Waals surface area contributed by atoms with Gasteiger partial charge in [-0.15, -0.1) is 0 Å². The summed E-state index contributed by atoms with van der Waals surface area (Å²) < 4.78 is 8.45. The molecule has 25 heavy (non-hydrogen) atoms. The highest BCUT2D eigenvalue weighted by atomic mass is 79.9. The van der Waals surface area contributed by atoms with Gasteiger partial charge >= 0.3 is 0 Å². The van der Waals surface area contributed by atoms with Gasteiger partial charge in [-0.2, -0.15) is 5.10 Å². The van der Waals surface area contributed by atoms with Crippen molar-refractivity contribution in [1.29, 1.82) is 0 Å². The van der Waals surface area contributed by atoms with E-state index in [1.807, 2.05) is 17.1 Å². The van der Waals surface area contributed by atoms with E-state index in [1.54, 1.807) is 7.11 Å². The van der Waals surface area contributed by atoms with E-state index in [2.05, 4.69) is 56.1 Å². The van der Waals surface area contributed by atoms with Crippen molar-refractivity contribution in [3.8, 4) is 5.75 Å². The second-order valence-corrected chi connectivity index (χ2v) is 7.67. The summed E-state index contributed by atoms with van der Waals surface area (Å²) in [5.41, 5.74) is 2.55. The first-order valence-corrected chi connectivity index (χ1v) is 9.68. The fourth-order valence-corrected chi connectivity index (χ4v) is 3.62. The number of rotatable bonds is 7. The number of hydrogen-bond acceptors (Lipinski definition) is 4. The van der Waals surface area contributed by atoms with Gasteiger partial charge in [0.15, 0.2) is 0 Å². The Morgan fingerprint density at radius 2 is 2.00 bits per heavy atom. The van der Waals surface area contributed by atoms with Crippen LogP contribution in [-0.4, -0.2) is 66.5 Å². The van der Waals surface area contributed by atoms with Gasteiger partial charge in [-0.3, -0.25) is 4.68 Å². The number of benzene rings is 1. The minimum atomic E-state index is 0.723. The molecule has 0 amide bonds. The standard InChI is InChI=1S/C19H27BrN4O/c1-22-8-10-23(11-9-22)7-3-4-16-5-6-19(25-2)17(12-16)14-24-15-18(20)13-21-24/h5-6,12-13,15H,3-4,7-11,14H2,1-2H3. The van der Waals surface area contributed by atoms with Crippen molar-refractivity contribution in [2.75, 3.05) is 46.9 Å². The number of aryl methyl sites for hydroxylation is 1. The fourth-order valence-electron chi connectivity index (χ4n) is 3.29. The van der Waals surface area contributed by atoms with Gasteiger partial charge in [0.25, 0.3) is 0 Å². The lowest BCUT2D eigenvalue weighted by Gasteiger charge is -2.32. The van der Waals surface area contributed by atoms with E-state index in [-0.39, 0.29) is 0 Å². The molecule has 2 heterocycles. The van der Waals surface area contributed by atoms with Gasteiger partial charge in [0, 0.05) is 37.9 Å². The molecule has 0 aliphatic carbocycles. The van der Waals surface area contributed by atoms with Crippen LogP contribution >= 0.6 is 15.9 Å². The average Bonchev–Trinajstić information content (AvgIpc) is 3.02. The molecular formula is C19H27BrN4O. The molecule has 1 aromatic carbocycles. The quantitative estimate of drug-likeness (QED) is 0.707. The zero-order valence-electron chi connectivity index (χ0n) is 15.1. The number of piperazine rings is 1. The van der Waals surface area contributed by atoms with Crippen LogP contribution in [0.4, 0.5) is 0 Å². The number of likely N-dealkylation sites (N-methyl/N-ethyl adjacent to an activating group) is 1. The maximum absolute atomic E-state index is 5.52. The molecule has 136 valence electrons. The van der Waals surface area contributed by atoms with Gasteiger partial charge < -0.3 is 14.5 Å². The molecule has 1 aliphatic heterocycles. The minimum absolute atomic E-state index is 0.723. The topological polar surface area (TPSA) is 33.5 Å². The van der Waals surface area contributed by atoms with Crippen LogP contribution in [0.5, 0.6) is 5.75 Å². The van der Waals surface area contributed by atoms with Crippen molar-refractivity contribution in [2.24, 2.45) is 0 Å². The molecule has 5 nitrogen and oxygen atoms in total. The normalized spacial score (nSPS) is 16.3. The number of ether oxygens (including phenoxy) is 1. The van der Waals surface area contributed by atoms with Crippen molar-refractivity contribution >= 4 is 15.9 Å². The van der Waals surface area contributed by atoms with E-state index in [0.29, 0.717) is 0 Å². The summed E-state index contributed by atoms with van der Waals surface area (Å²) in [6.07, 6.45) is 6.10. The van der Waals surface area contributed by atoms with Crippen LogP contribution in [0.3, 0.4) is 0 Å². The van der Waals surface area contributed by atoms with E-state index in [0.717, 1.165) is 23.2 Å². The van der Waals surface area contributed by atoms with Gasteiger partial charge in [-0.25, -0.2) is 0 Å². The third-order valence-corrected chi connectivity index (χ3v) is 5.22. The largest absolute Gasteiger partial charge is 0.496 e. The molecule has 0 radical (unpaired) electrons. The van der Waals surface area contributed by atoms with Crippen molar-refractivity contribution < 1.29 is 4.74 Å². The highest BCUT2D eigenvalue weighted by Crippen LogP contribution is 2.22. The van der Waals surface area contributed by atoms with Crippen molar-refractivity contribution in [2.45, 2.75) is 19.4 Å². The average molecular weight is 407 g/mol. The second-order valence-electron chi connectivity index (χ2n) is 6.75. The number of methoxy groups -OCH3 is 1. The Balaban J connectivity index is 1.57. The van der Waals surface area contributed by atoms with Gasteiger partial charge in [-0.05, 0) is 54.0 Å². The Kier molecular flexibility index (Phi) is 6.51. The lowest BCUT2D eigenvalue weighted by molar-refractivity contribution is 0.153. The monoisotopic (exact) mass is 406 g/mol. The number of aromatic nitrogens is 2. The van der Waals surface area contributed by atoms with Gasteiger partial charge in [-0.1, -0.05) is 12.1 Å². The first kappa shape index (κ1) is 18.4. The summed E-state index contributed by atoms with van der Waals surface area (Å²) >= 11 is 3.45. The molecule has 1 aromatic heterocycles. The van der Waals surface area contributed by atoms with Crippen molar-refractivity contribution in [3.05, 3.63) is 46.2 Å². The van der Waals surface area contributed by atoms with Gasteiger partial charge in [0.2, 0.25) is 0 Å². The number of hydrogen-bond donors (Lipinski definition) is 0. The summed E-state index contributed by atoms with van der Waals surface area (Å²) in [7, 11) is 3.93. The molecule has 0 unspecified atom stereocenters. The van der Waals surface area contributed by atoms with E-state index in [4.69, 9.17) is 4.74 Å². The molecule has 1 aliphatic rings. The summed E-state index contributed by atoms with van der Waals surface area (Å²) in [6, 6.07) is 6.53. The lowest BCUT2D eigenvalue weighted by Crippen LogP contribution is -2.44. The molecule has 1 fully saturated rings. The molecule has 0 spiro atoms. The Hall–Kier alpha value is -1.37. The molecule has 0 saturated carbocycles. The Bertz CT molecular complexity index is 680. The van der Waals surface area contributed by atoms with E-state index < -0.39 is 0 Å². The summed E-state index contributed by atoms with van der Waals surface area (Å²) in [5, 5.41) is 4.35. The van der Waals surface area contributed by atoms with Crippen LogP contribution in [0.2, 0.25) is 0 Å². The zero-order chi connectivity index (χ0) is 17.6. The summed E-state index contributed by atoms with van der Waals surface area (Å²) in [4.78, 5) is 4.98. The second kappa shape index (κ2) is 8.83. The van der Waals surface area contributed by atoms with Crippen molar-refractivity contribution in [3.63, 3.8) is 0 Å². The maximum atomic E-state index is 5.52. The smallest absolute Gasteiger partial charge is 0.123 e. The van der Waals surface area contributed by atoms with Crippen LogP contribution in [0.25, 0.3) is 0 Å².